The summed E-state index contributed by atoms with van der Waals surface area (Å²) in [4.78, 5) is 18.8. The van der Waals surface area contributed by atoms with Gasteiger partial charge < -0.3 is 14.8 Å². The Balaban J connectivity index is 3.12. The zero-order valence-electron chi connectivity index (χ0n) is 10.5. The van der Waals surface area contributed by atoms with E-state index in [1.807, 2.05) is 6.92 Å². The standard InChI is InChI=1S/C11H18N2O3S/c1-5-16-9(14)7-8(11(3,4)15)13-10(12-7)17-6-2/h15H,5-6H2,1-4H3,(H,12,13). The van der Waals surface area contributed by atoms with Gasteiger partial charge in [-0.1, -0.05) is 18.7 Å². The fraction of sp³-hybridized carbons (Fsp3) is 0.636. The summed E-state index contributed by atoms with van der Waals surface area (Å²) in [6.07, 6.45) is 0. The normalized spacial score (nSPS) is 11.6. The van der Waals surface area contributed by atoms with E-state index in [1.54, 1.807) is 20.8 Å². The van der Waals surface area contributed by atoms with Crippen molar-refractivity contribution in [2.45, 2.75) is 38.5 Å². The minimum absolute atomic E-state index is 0.232. The summed E-state index contributed by atoms with van der Waals surface area (Å²) >= 11 is 1.48. The third-order valence-electron chi connectivity index (χ3n) is 2.02. The fourth-order valence-electron chi connectivity index (χ4n) is 1.35. The molecular formula is C11H18N2O3S. The second-order valence-corrected chi connectivity index (χ2v) is 5.23. The number of aliphatic hydroxyl groups is 1. The van der Waals surface area contributed by atoms with Crippen LogP contribution in [0, 0.1) is 0 Å². The molecule has 0 unspecified atom stereocenters. The van der Waals surface area contributed by atoms with Crippen molar-refractivity contribution >= 4 is 17.7 Å². The summed E-state index contributed by atoms with van der Waals surface area (Å²) in [6, 6.07) is 0. The van der Waals surface area contributed by atoms with Gasteiger partial charge in [-0.2, -0.15) is 0 Å². The van der Waals surface area contributed by atoms with E-state index < -0.39 is 11.6 Å². The first-order valence-corrected chi connectivity index (χ1v) is 6.51. The Morgan fingerprint density at radius 2 is 2.18 bits per heavy atom. The van der Waals surface area contributed by atoms with Gasteiger partial charge in [0.1, 0.15) is 11.3 Å². The summed E-state index contributed by atoms with van der Waals surface area (Å²) in [6.45, 7) is 7.19. The first-order chi connectivity index (χ1) is 7.90. The average Bonchev–Trinajstić information content (AvgIpc) is 2.62. The predicted octanol–water partition coefficient (Wildman–Crippen LogP) is 1.93. The van der Waals surface area contributed by atoms with Crippen molar-refractivity contribution in [1.82, 2.24) is 9.97 Å². The highest BCUT2D eigenvalue weighted by Crippen LogP contribution is 2.25. The molecule has 0 fully saturated rings. The van der Waals surface area contributed by atoms with Crippen LogP contribution in [0.15, 0.2) is 5.16 Å². The molecule has 0 spiro atoms. The Morgan fingerprint density at radius 3 is 2.65 bits per heavy atom. The summed E-state index contributed by atoms with van der Waals surface area (Å²) in [5, 5.41) is 10.6. The van der Waals surface area contributed by atoms with Gasteiger partial charge in [0.05, 0.1) is 6.61 Å². The molecule has 17 heavy (non-hydrogen) atoms. The van der Waals surface area contributed by atoms with Gasteiger partial charge in [0, 0.05) is 0 Å². The highest BCUT2D eigenvalue weighted by Gasteiger charge is 2.29. The van der Waals surface area contributed by atoms with Crippen molar-refractivity contribution in [2.75, 3.05) is 12.4 Å². The molecule has 1 aromatic heterocycles. The van der Waals surface area contributed by atoms with Gasteiger partial charge in [-0.25, -0.2) is 9.78 Å². The van der Waals surface area contributed by atoms with Gasteiger partial charge in [-0.15, -0.1) is 0 Å². The second-order valence-electron chi connectivity index (χ2n) is 3.98. The van der Waals surface area contributed by atoms with Crippen molar-refractivity contribution < 1.29 is 14.6 Å². The number of hydrogen-bond donors (Lipinski definition) is 2. The molecule has 0 bridgehead atoms. The van der Waals surface area contributed by atoms with Crippen LogP contribution < -0.4 is 0 Å². The number of carbonyl (C=O) groups is 1. The first-order valence-electron chi connectivity index (χ1n) is 5.52. The Bertz CT molecular complexity index is 396. The van der Waals surface area contributed by atoms with E-state index in [-0.39, 0.29) is 5.69 Å². The molecule has 1 rings (SSSR count). The van der Waals surface area contributed by atoms with Crippen molar-refractivity contribution in [3.05, 3.63) is 11.4 Å². The van der Waals surface area contributed by atoms with E-state index >= 15 is 0 Å². The minimum Gasteiger partial charge on any atom is -0.461 e. The molecule has 6 heteroatoms. The number of nitrogens with one attached hydrogen (secondary N) is 1. The SMILES string of the molecule is CCOC(=O)c1[nH]c(SCC)nc1C(C)(C)O. The number of aromatic nitrogens is 2. The Morgan fingerprint density at radius 1 is 1.53 bits per heavy atom. The molecule has 0 radical (unpaired) electrons. The van der Waals surface area contributed by atoms with E-state index in [2.05, 4.69) is 9.97 Å². The van der Waals surface area contributed by atoms with E-state index in [4.69, 9.17) is 4.74 Å². The van der Waals surface area contributed by atoms with Crippen LogP contribution in [-0.4, -0.2) is 33.4 Å². The first kappa shape index (κ1) is 14.1. The fourth-order valence-corrected chi connectivity index (χ4v) is 1.95. The maximum absolute atomic E-state index is 11.7. The topological polar surface area (TPSA) is 75.2 Å². The molecule has 0 atom stereocenters. The summed E-state index contributed by atoms with van der Waals surface area (Å²) < 4.78 is 4.92. The zero-order chi connectivity index (χ0) is 13.1. The largest absolute Gasteiger partial charge is 0.461 e. The van der Waals surface area contributed by atoms with Gasteiger partial charge in [-0.3, -0.25) is 0 Å². The molecule has 0 amide bonds. The number of carbonyl (C=O) groups excluding carboxylic acids is 1. The van der Waals surface area contributed by atoms with Crippen LogP contribution in [0.3, 0.4) is 0 Å². The van der Waals surface area contributed by atoms with Crippen LogP contribution in [0.25, 0.3) is 0 Å². The summed E-state index contributed by atoms with van der Waals surface area (Å²) in [5.41, 5.74) is -0.618. The van der Waals surface area contributed by atoms with Crippen LogP contribution in [0.1, 0.15) is 43.9 Å². The number of imidazole rings is 1. The molecule has 5 nitrogen and oxygen atoms in total. The molecule has 0 aliphatic heterocycles. The van der Waals surface area contributed by atoms with Crippen LogP contribution in [0.2, 0.25) is 0 Å². The van der Waals surface area contributed by atoms with Gasteiger partial charge in [0.25, 0.3) is 0 Å². The lowest BCUT2D eigenvalue weighted by Gasteiger charge is -2.15. The molecule has 96 valence electrons. The molecule has 0 aromatic carbocycles. The Kier molecular flexibility index (Phi) is 4.59. The lowest BCUT2D eigenvalue weighted by Crippen LogP contribution is -2.21. The number of H-pyrrole nitrogens is 1. The molecule has 1 aromatic rings. The number of nitrogens with zero attached hydrogens (tertiary/aromatic N) is 1. The number of aromatic amines is 1. The maximum atomic E-state index is 11.7. The molecule has 2 N–H and O–H groups in total. The van der Waals surface area contributed by atoms with Crippen molar-refractivity contribution in [2.24, 2.45) is 0 Å². The number of rotatable bonds is 5. The molecule has 0 aliphatic carbocycles. The third kappa shape index (κ3) is 3.47. The zero-order valence-corrected chi connectivity index (χ0v) is 11.3. The molecule has 0 aliphatic rings. The molecule has 0 saturated carbocycles. The van der Waals surface area contributed by atoms with Crippen LogP contribution in [-0.2, 0) is 10.3 Å². The van der Waals surface area contributed by atoms with Gasteiger partial charge >= 0.3 is 5.97 Å². The monoisotopic (exact) mass is 258 g/mol. The summed E-state index contributed by atoms with van der Waals surface area (Å²) in [5.74, 6) is 0.348. The van der Waals surface area contributed by atoms with Crippen molar-refractivity contribution in [3.8, 4) is 0 Å². The van der Waals surface area contributed by atoms with E-state index in [1.165, 1.54) is 11.8 Å². The quantitative estimate of drug-likeness (QED) is 0.623. The Labute approximate surface area is 105 Å². The Hall–Kier alpha value is -1.01. The number of thioether (sulfide) groups is 1. The average molecular weight is 258 g/mol. The van der Waals surface area contributed by atoms with Crippen molar-refractivity contribution in [1.29, 1.82) is 0 Å². The lowest BCUT2D eigenvalue weighted by molar-refractivity contribution is 0.0476. The maximum Gasteiger partial charge on any atom is 0.356 e. The highest BCUT2D eigenvalue weighted by atomic mass is 32.2. The van der Waals surface area contributed by atoms with Gasteiger partial charge in [0.15, 0.2) is 10.9 Å². The number of hydrogen-bond acceptors (Lipinski definition) is 5. The highest BCUT2D eigenvalue weighted by molar-refractivity contribution is 7.99. The van der Waals surface area contributed by atoms with Crippen LogP contribution >= 0.6 is 11.8 Å². The molecular weight excluding hydrogens is 240 g/mol. The summed E-state index contributed by atoms with van der Waals surface area (Å²) in [7, 11) is 0. The third-order valence-corrected chi connectivity index (χ3v) is 2.78. The van der Waals surface area contributed by atoms with Gasteiger partial charge in [0.2, 0.25) is 0 Å². The van der Waals surface area contributed by atoms with Crippen molar-refractivity contribution in [3.63, 3.8) is 0 Å². The predicted molar refractivity (Wildman–Crippen MR) is 66.2 cm³/mol. The molecule has 0 saturated heterocycles. The van der Waals surface area contributed by atoms with Crippen LogP contribution in [0.5, 0.6) is 0 Å². The number of esters is 1. The second kappa shape index (κ2) is 5.55. The lowest BCUT2D eigenvalue weighted by atomic mass is 10.0. The number of ether oxygens (including phenoxy) is 1. The smallest absolute Gasteiger partial charge is 0.356 e. The van der Waals surface area contributed by atoms with E-state index in [9.17, 15) is 9.90 Å². The van der Waals surface area contributed by atoms with Gasteiger partial charge in [-0.05, 0) is 26.5 Å². The van der Waals surface area contributed by atoms with E-state index in [0.717, 1.165) is 5.75 Å². The van der Waals surface area contributed by atoms with Crippen LogP contribution in [0.4, 0.5) is 0 Å². The molecule has 1 heterocycles. The van der Waals surface area contributed by atoms with E-state index in [0.29, 0.717) is 17.5 Å². The minimum atomic E-state index is -1.18.